The van der Waals surface area contributed by atoms with Gasteiger partial charge in [0, 0.05) is 40.0 Å². The topological polar surface area (TPSA) is 117 Å². The number of nitrogens with zero attached hydrogens (tertiary/aromatic N) is 2. The van der Waals surface area contributed by atoms with E-state index in [0.717, 1.165) is 36.8 Å². The first-order chi connectivity index (χ1) is 22.3. The van der Waals surface area contributed by atoms with Crippen LogP contribution >= 0.6 is 0 Å². The van der Waals surface area contributed by atoms with Crippen molar-refractivity contribution < 1.29 is 28.7 Å². The van der Waals surface area contributed by atoms with Crippen LogP contribution in [0.2, 0.25) is 0 Å². The predicted molar refractivity (Wildman–Crippen MR) is 177 cm³/mol. The molecule has 10 nitrogen and oxygen atoms in total. The molecule has 3 rings (SSSR count). The summed E-state index contributed by atoms with van der Waals surface area (Å²) in [5, 5.41) is 5.41. The lowest BCUT2D eigenvalue weighted by Gasteiger charge is -2.17. The smallest absolute Gasteiger partial charge is 0.407 e. The van der Waals surface area contributed by atoms with Gasteiger partial charge < -0.3 is 29.9 Å². The van der Waals surface area contributed by atoms with E-state index in [4.69, 9.17) is 9.47 Å². The standard InChI is InChI=1S/C36H46N4O6/c1-39(33(41)20-10-16-29-12-5-3-6-13-29)22-24-45-35(43)37-27-31-18-9-19-32(26-31)28-38-36(44)46-25-23-40(2)34(42)21-11-17-30-14-7-4-8-15-30/h3-9,12-15,18-19,26H,10-11,16-17,20-25,27-28H2,1-2H3,(H,37,43)(H,38,44). The van der Waals surface area contributed by atoms with Gasteiger partial charge in [-0.1, -0.05) is 84.9 Å². The predicted octanol–water partition coefficient (Wildman–Crippen LogP) is 5.10. The van der Waals surface area contributed by atoms with Crippen LogP contribution < -0.4 is 10.6 Å². The highest BCUT2D eigenvalue weighted by Gasteiger charge is 2.12. The van der Waals surface area contributed by atoms with Gasteiger partial charge in [0.05, 0.1) is 13.1 Å². The lowest BCUT2D eigenvalue weighted by atomic mass is 10.1. The van der Waals surface area contributed by atoms with Gasteiger partial charge in [-0.3, -0.25) is 9.59 Å². The maximum atomic E-state index is 12.3. The average molecular weight is 631 g/mol. The van der Waals surface area contributed by atoms with E-state index < -0.39 is 12.2 Å². The molecule has 0 aliphatic carbocycles. The average Bonchev–Trinajstić information content (AvgIpc) is 3.07. The van der Waals surface area contributed by atoms with E-state index in [1.807, 2.05) is 84.9 Å². The Morgan fingerprint density at radius 3 is 1.37 bits per heavy atom. The Kier molecular flexibility index (Phi) is 15.7. The van der Waals surface area contributed by atoms with Crippen molar-refractivity contribution in [2.75, 3.05) is 40.4 Å². The molecule has 0 heterocycles. The monoisotopic (exact) mass is 630 g/mol. The van der Waals surface area contributed by atoms with Crippen molar-refractivity contribution in [2.45, 2.75) is 51.6 Å². The van der Waals surface area contributed by atoms with Crippen molar-refractivity contribution in [3.63, 3.8) is 0 Å². The first-order valence-electron chi connectivity index (χ1n) is 15.7. The third-order valence-electron chi connectivity index (χ3n) is 7.43. The van der Waals surface area contributed by atoms with Crippen LogP contribution in [0.15, 0.2) is 84.9 Å². The number of ether oxygens (including phenoxy) is 2. The first kappa shape index (κ1) is 35.6. The molecule has 3 aromatic carbocycles. The fraction of sp³-hybridized carbons (Fsp3) is 0.389. The minimum Gasteiger partial charge on any atom is -0.448 e. The van der Waals surface area contributed by atoms with E-state index in [0.29, 0.717) is 25.9 Å². The number of nitrogens with one attached hydrogen (secondary N) is 2. The Hall–Kier alpha value is -4.86. The minimum atomic E-state index is -0.573. The van der Waals surface area contributed by atoms with Gasteiger partial charge >= 0.3 is 12.2 Å². The number of alkyl carbamates (subject to hydrolysis) is 2. The van der Waals surface area contributed by atoms with Crippen molar-refractivity contribution >= 4 is 24.0 Å². The molecule has 0 saturated carbocycles. The number of hydrogen-bond donors (Lipinski definition) is 2. The molecule has 0 aliphatic rings. The largest absolute Gasteiger partial charge is 0.448 e. The summed E-state index contributed by atoms with van der Waals surface area (Å²) in [5.74, 6) is 0.0312. The molecule has 10 heteroatoms. The highest BCUT2D eigenvalue weighted by molar-refractivity contribution is 5.76. The summed E-state index contributed by atoms with van der Waals surface area (Å²) in [6.45, 7) is 1.31. The molecule has 46 heavy (non-hydrogen) atoms. The van der Waals surface area contributed by atoms with E-state index in [1.54, 1.807) is 23.9 Å². The summed E-state index contributed by atoms with van der Waals surface area (Å²) < 4.78 is 10.5. The number of rotatable bonds is 18. The molecular formula is C36H46N4O6. The van der Waals surface area contributed by atoms with E-state index >= 15 is 0 Å². The molecule has 0 aliphatic heterocycles. The van der Waals surface area contributed by atoms with Crippen LogP contribution in [0.4, 0.5) is 9.59 Å². The van der Waals surface area contributed by atoms with Gasteiger partial charge in [-0.15, -0.1) is 0 Å². The quantitative estimate of drug-likeness (QED) is 0.202. The molecule has 0 spiro atoms. The van der Waals surface area contributed by atoms with Crippen molar-refractivity contribution in [1.29, 1.82) is 0 Å². The van der Waals surface area contributed by atoms with Gasteiger partial charge in [0.25, 0.3) is 0 Å². The second-order valence-electron chi connectivity index (χ2n) is 11.1. The minimum absolute atomic E-state index is 0.0156. The van der Waals surface area contributed by atoms with Crippen LogP contribution in [0.5, 0.6) is 0 Å². The van der Waals surface area contributed by atoms with Crippen LogP contribution in [-0.4, -0.2) is 74.2 Å². The zero-order chi connectivity index (χ0) is 33.0. The Bertz CT molecular complexity index is 1270. The molecule has 246 valence electrons. The number of benzene rings is 3. The summed E-state index contributed by atoms with van der Waals surface area (Å²) in [6, 6.07) is 27.5. The molecular weight excluding hydrogens is 584 g/mol. The number of hydrogen-bond acceptors (Lipinski definition) is 6. The molecule has 0 aromatic heterocycles. The van der Waals surface area contributed by atoms with Crippen LogP contribution in [0.25, 0.3) is 0 Å². The van der Waals surface area contributed by atoms with Crippen LogP contribution in [-0.2, 0) is 45.0 Å². The van der Waals surface area contributed by atoms with E-state index in [-0.39, 0.29) is 38.1 Å². The maximum Gasteiger partial charge on any atom is 0.407 e. The molecule has 4 amide bonds. The van der Waals surface area contributed by atoms with E-state index in [1.165, 1.54) is 11.1 Å². The lowest BCUT2D eigenvalue weighted by molar-refractivity contribution is -0.131. The molecule has 0 fully saturated rings. The SMILES string of the molecule is CN(CCOC(=O)NCc1cccc(CNC(=O)OCCN(C)C(=O)CCCc2ccccc2)c1)C(=O)CCCc1ccccc1. The highest BCUT2D eigenvalue weighted by atomic mass is 16.6. The number of amides is 4. The number of carbonyl (C=O) groups is 4. The summed E-state index contributed by atoms with van der Waals surface area (Å²) in [7, 11) is 3.41. The van der Waals surface area contributed by atoms with Crippen molar-refractivity contribution in [1.82, 2.24) is 20.4 Å². The molecule has 3 aromatic rings. The normalized spacial score (nSPS) is 10.5. The third kappa shape index (κ3) is 14.3. The zero-order valence-electron chi connectivity index (χ0n) is 26.9. The van der Waals surface area contributed by atoms with Gasteiger partial charge in [0.1, 0.15) is 13.2 Å². The van der Waals surface area contributed by atoms with Crippen molar-refractivity contribution in [3.05, 3.63) is 107 Å². The highest BCUT2D eigenvalue weighted by Crippen LogP contribution is 2.08. The summed E-state index contributed by atoms with van der Waals surface area (Å²) in [5.41, 5.74) is 4.08. The van der Waals surface area contributed by atoms with Gasteiger partial charge in [0.2, 0.25) is 11.8 Å². The summed E-state index contributed by atoms with van der Waals surface area (Å²) in [6.07, 6.45) is 2.95. The van der Waals surface area contributed by atoms with Crippen LogP contribution in [0.3, 0.4) is 0 Å². The lowest BCUT2D eigenvalue weighted by Crippen LogP contribution is -2.32. The maximum absolute atomic E-state index is 12.3. The van der Waals surface area contributed by atoms with Crippen LogP contribution in [0.1, 0.15) is 47.9 Å². The Morgan fingerprint density at radius 1 is 0.565 bits per heavy atom. The van der Waals surface area contributed by atoms with Gasteiger partial charge in [-0.25, -0.2) is 9.59 Å². The number of likely N-dealkylation sites (N-methyl/N-ethyl adjacent to an activating group) is 2. The Balaban J connectivity index is 1.24. The Morgan fingerprint density at radius 2 is 0.957 bits per heavy atom. The molecule has 2 N–H and O–H groups in total. The third-order valence-corrected chi connectivity index (χ3v) is 7.43. The second kappa shape index (κ2) is 20.2. The molecule has 0 saturated heterocycles. The molecule has 0 radical (unpaired) electrons. The van der Waals surface area contributed by atoms with Gasteiger partial charge in [0.15, 0.2) is 0 Å². The summed E-state index contributed by atoms with van der Waals surface area (Å²) >= 11 is 0. The fourth-order valence-corrected chi connectivity index (χ4v) is 4.66. The fourth-order valence-electron chi connectivity index (χ4n) is 4.66. The van der Waals surface area contributed by atoms with E-state index in [9.17, 15) is 19.2 Å². The van der Waals surface area contributed by atoms with Crippen molar-refractivity contribution in [3.8, 4) is 0 Å². The number of carbonyl (C=O) groups excluding carboxylic acids is 4. The molecule has 0 bridgehead atoms. The van der Waals surface area contributed by atoms with E-state index in [2.05, 4.69) is 10.6 Å². The van der Waals surface area contributed by atoms with Crippen LogP contribution in [0, 0.1) is 0 Å². The molecule has 0 unspecified atom stereocenters. The van der Waals surface area contributed by atoms with Crippen molar-refractivity contribution in [2.24, 2.45) is 0 Å². The number of aryl methyl sites for hydroxylation is 2. The first-order valence-corrected chi connectivity index (χ1v) is 15.7. The second-order valence-corrected chi connectivity index (χ2v) is 11.1. The molecule has 0 atom stereocenters. The van der Waals surface area contributed by atoms with Gasteiger partial charge in [-0.05, 0) is 47.9 Å². The summed E-state index contributed by atoms with van der Waals surface area (Å²) in [4.78, 5) is 52.2. The Labute approximate surface area is 272 Å². The van der Waals surface area contributed by atoms with Gasteiger partial charge in [-0.2, -0.15) is 0 Å². The zero-order valence-corrected chi connectivity index (χ0v) is 26.9.